The lowest BCUT2D eigenvalue weighted by atomic mass is 10.0. The molecule has 160 valence electrons. The summed E-state index contributed by atoms with van der Waals surface area (Å²) in [4.78, 5) is 27.5. The number of amides is 1. The Labute approximate surface area is 177 Å². The first kappa shape index (κ1) is 21.7. The molecular weight excluding hydrogens is 382 g/mol. The van der Waals surface area contributed by atoms with Crippen LogP contribution in [-0.2, 0) is 0 Å². The minimum absolute atomic E-state index is 0.0951. The van der Waals surface area contributed by atoms with E-state index in [4.69, 9.17) is 0 Å². The minimum Gasteiger partial charge on any atom is -0.384 e. The molecule has 0 spiro atoms. The van der Waals surface area contributed by atoms with Crippen molar-refractivity contribution in [2.45, 2.75) is 12.5 Å². The average molecular weight is 412 g/mol. The highest BCUT2D eigenvalue weighted by atomic mass is 16.6. The highest BCUT2D eigenvalue weighted by Crippen LogP contribution is 2.25. The van der Waals surface area contributed by atoms with Gasteiger partial charge in [0.2, 0.25) is 0 Å². The Hall–Kier alpha value is -2.97. The van der Waals surface area contributed by atoms with Crippen molar-refractivity contribution >= 4 is 17.3 Å². The Bertz CT molecular complexity index is 874. The van der Waals surface area contributed by atoms with E-state index in [0.717, 1.165) is 32.6 Å². The van der Waals surface area contributed by atoms with Crippen LogP contribution in [0.5, 0.6) is 0 Å². The van der Waals surface area contributed by atoms with E-state index in [1.165, 1.54) is 24.7 Å². The molecule has 3 rings (SSSR count). The number of carbonyl (C=O) groups is 1. The fourth-order valence-electron chi connectivity index (χ4n) is 3.84. The highest BCUT2D eigenvalue weighted by Gasteiger charge is 2.26. The smallest absolute Gasteiger partial charge is 0.270 e. The summed E-state index contributed by atoms with van der Waals surface area (Å²) in [5, 5.41) is 16.8. The SMILES string of the molecule is CNC(=O)c1cc([N+](=O)[O-])ccc1NCCCN1CCN(C)CC1c1ccccc1. The van der Waals surface area contributed by atoms with E-state index in [1.807, 2.05) is 6.07 Å². The number of piperazine rings is 1. The summed E-state index contributed by atoms with van der Waals surface area (Å²) >= 11 is 0. The van der Waals surface area contributed by atoms with Crippen molar-refractivity contribution in [2.75, 3.05) is 52.1 Å². The molecule has 8 nitrogen and oxygen atoms in total. The third kappa shape index (κ3) is 5.34. The normalized spacial score (nSPS) is 17.5. The molecule has 1 aliphatic rings. The molecule has 1 atom stereocenters. The van der Waals surface area contributed by atoms with Gasteiger partial charge in [0.1, 0.15) is 0 Å². The number of nitrogens with zero attached hydrogens (tertiary/aromatic N) is 3. The maximum absolute atomic E-state index is 12.1. The second-order valence-corrected chi connectivity index (χ2v) is 7.57. The molecular formula is C22H29N5O3. The highest BCUT2D eigenvalue weighted by molar-refractivity contribution is 6.00. The van der Waals surface area contributed by atoms with Gasteiger partial charge < -0.3 is 15.5 Å². The molecule has 2 aromatic carbocycles. The molecule has 0 bridgehead atoms. The van der Waals surface area contributed by atoms with Crippen molar-refractivity contribution < 1.29 is 9.72 Å². The molecule has 1 amide bonds. The van der Waals surface area contributed by atoms with Gasteiger partial charge in [-0.2, -0.15) is 0 Å². The summed E-state index contributed by atoms with van der Waals surface area (Å²) in [5.74, 6) is -0.343. The second-order valence-electron chi connectivity index (χ2n) is 7.57. The lowest BCUT2D eigenvalue weighted by Crippen LogP contribution is -2.47. The number of carbonyl (C=O) groups excluding carboxylic acids is 1. The maximum atomic E-state index is 12.1. The van der Waals surface area contributed by atoms with Crippen molar-refractivity contribution in [1.29, 1.82) is 0 Å². The van der Waals surface area contributed by atoms with E-state index < -0.39 is 4.92 Å². The topological polar surface area (TPSA) is 90.7 Å². The van der Waals surface area contributed by atoms with Crippen LogP contribution in [0, 0.1) is 10.1 Å². The van der Waals surface area contributed by atoms with E-state index >= 15 is 0 Å². The van der Waals surface area contributed by atoms with Gasteiger partial charge in [0.25, 0.3) is 11.6 Å². The zero-order chi connectivity index (χ0) is 21.5. The lowest BCUT2D eigenvalue weighted by molar-refractivity contribution is -0.384. The van der Waals surface area contributed by atoms with E-state index in [9.17, 15) is 14.9 Å². The van der Waals surface area contributed by atoms with Crippen LogP contribution in [-0.4, -0.2) is 67.4 Å². The fourth-order valence-corrected chi connectivity index (χ4v) is 3.84. The Balaban J connectivity index is 1.61. The molecule has 30 heavy (non-hydrogen) atoms. The molecule has 8 heteroatoms. The van der Waals surface area contributed by atoms with Crippen molar-refractivity contribution in [3.63, 3.8) is 0 Å². The van der Waals surface area contributed by atoms with Crippen molar-refractivity contribution in [3.8, 4) is 0 Å². The summed E-state index contributed by atoms with van der Waals surface area (Å²) in [7, 11) is 3.67. The van der Waals surface area contributed by atoms with E-state index in [2.05, 4.69) is 51.7 Å². The van der Waals surface area contributed by atoms with Crippen LogP contribution in [0.1, 0.15) is 28.4 Å². The van der Waals surface area contributed by atoms with E-state index in [-0.39, 0.29) is 17.2 Å². The van der Waals surface area contributed by atoms with Gasteiger partial charge in [-0.05, 0) is 25.1 Å². The van der Waals surface area contributed by atoms with Gasteiger partial charge in [-0.1, -0.05) is 30.3 Å². The number of hydrogen-bond acceptors (Lipinski definition) is 6. The van der Waals surface area contributed by atoms with Crippen LogP contribution in [0.25, 0.3) is 0 Å². The van der Waals surface area contributed by atoms with Gasteiger partial charge >= 0.3 is 0 Å². The van der Waals surface area contributed by atoms with Crippen molar-refractivity contribution in [1.82, 2.24) is 15.1 Å². The fraction of sp³-hybridized carbons (Fsp3) is 0.409. The van der Waals surface area contributed by atoms with Crippen LogP contribution in [0.2, 0.25) is 0 Å². The summed E-state index contributed by atoms with van der Waals surface area (Å²) in [5.41, 5.74) is 2.13. The third-order valence-electron chi connectivity index (χ3n) is 5.50. The zero-order valence-electron chi connectivity index (χ0n) is 17.5. The maximum Gasteiger partial charge on any atom is 0.270 e. The zero-order valence-corrected chi connectivity index (χ0v) is 17.5. The predicted molar refractivity (Wildman–Crippen MR) is 118 cm³/mol. The van der Waals surface area contributed by atoms with Gasteiger partial charge in [0, 0.05) is 63.6 Å². The number of nitro groups is 1. The molecule has 0 saturated carbocycles. The van der Waals surface area contributed by atoms with Gasteiger partial charge in [-0.15, -0.1) is 0 Å². The standard InChI is InChI=1S/C22H29N5O3/c1-23-22(28)19-15-18(27(29)30)9-10-20(19)24-11-6-12-26-14-13-25(2)16-21(26)17-7-4-3-5-8-17/h3-5,7-10,15,21,24H,6,11-14,16H2,1-2H3,(H,23,28). The van der Waals surface area contributed by atoms with Crippen LogP contribution < -0.4 is 10.6 Å². The number of benzene rings is 2. The number of rotatable bonds is 8. The molecule has 0 aromatic heterocycles. The lowest BCUT2D eigenvalue weighted by Gasteiger charge is -2.40. The number of anilines is 1. The number of nitro benzene ring substituents is 1. The first-order valence-electron chi connectivity index (χ1n) is 10.2. The number of hydrogen-bond donors (Lipinski definition) is 2. The largest absolute Gasteiger partial charge is 0.384 e. The van der Waals surface area contributed by atoms with E-state index in [1.54, 1.807) is 6.07 Å². The molecule has 1 saturated heterocycles. The third-order valence-corrected chi connectivity index (χ3v) is 5.50. The Morgan fingerprint density at radius 2 is 1.97 bits per heavy atom. The molecule has 1 unspecified atom stereocenters. The molecule has 1 fully saturated rings. The second kappa shape index (κ2) is 10.2. The van der Waals surface area contributed by atoms with Gasteiger partial charge in [0.05, 0.1) is 10.5 Å². The van der Waals surface area contributed by atoms with Gasteiger partial charge in [0.15, 0.2) is 0 Å². The average Bonchev–Trinajstić information content (AvgIpc) is 2.77. The number of nitrogens with one attached hydrogen (secondary N) is 2. The molecule has 0 aliphatic carbocycles. The first-order chi connectivity index (χ1) is 14.5. The van der Waals surface area contributed by atoms with E-state index in [0.29, 0.717) is 18.3 Å². The summed E-state index contributed by atoms with van der Waals surface area (Å²) < 4.78 is 0. The van der Waals surface area contributed by atoms with Crippen molar-refractivity contribution in [3.05, 3.63) is 69.8 Å². The Morgan fingerprint density at radius 3 is 2.67 bits per heavy atom. The van der Waals surface area contributed by atoms with Crippen LogP contribution in [0.15, 0.2) is 48.5 Å². The predicted octanol–water partition coefficient (Wildman–Crippen LogP) is 2.75. The first-order valence-corrected chi connectivity index (χ1v) is 10.2. The van der Waals surface area contributed by atoms with Crippen molar-refractivity contribution in [2.24, 2.45) is 0 Å². The van der Waals surface area contributed by atoms with Crippen LogP contribution in [0.3, 0.4) is 0 Å². The number of likely N-dealkylation sites (N-methyl/N-ethyl adjacent to an activating group) is 1. The summed E-state index contributed by atoms with van der Waals surface area (Å²) in [6, 6.07) is 15.3. The Kier molecular flexibility index (Phi) is 7.37. The Morgan fingerprint density at radius 1 is 1.20 bits per heavy atom. The molecule has 1 aliphatic heterocycles. The van der Waals surface area contributed by atoms with Crippen LogP contribution >= 0.6 is 0 Å². The van der Waals surface area contributed by atoms with Gasteiger partial charge in [-0.25, -0.2) is 0 Å². The van der Waals surface area contributed by atoms with Gasteiger partial charge in [-0.3, -0.25) is 19.8 Å². The molecule has 0 radical (unpaired) electrons. The quantitative estimate of drug-likeness (QED) is 0.394. The number of non-ortho nitro benzene ring substituents is 1. The monoisotopic (exact) mass is 411 g/mol. The minimum atomic E-state index is -0.493. The molecule has 2 N–H and O–H groups in total. The molecule has 1 heterocycles. The molecule has 2 aromatic rings. The summed E-state index contributed by atoms with van der Waals surface area (Å²) in [6.45, 7) is 4.66. The van der Waals surface area contributed by atoms with Crippen LogP contribution in [0.4, 0.5) is 11.4 Å². The summed E-state index contributed by atoms with van der Waals surface area (Å²) in [6.07, 6.45) is 0.900.